The van der Waals surface area contributed by atoms with Crippen LogP contribution in [0.25, 0.3) is 0 Å². The van der Waals surface area contributed by atoms with E-state index >= 15 is 0 Å². The van der Waals surface area contributed by atoms with Crippen molar-refractivity contribution in [3.05, 3.63) is 58.7 Å². The molecule has 0 radical (unpaired) electrons. The fourth-order valence-electron chi connectivity index (χ4n) is 3.07. The van der Waals surface area contributed by atoms with Gasteiger partial charge in [-0.1, -0.05) is 31.2 Å². The Bertz CT molecular complexity index is 812. The van der Waals surface area contributed by atoms with Crippen LogP contribution in [0.1, 0.15) is 42.5 Å². The number of nitrogens with one attached hydrogen (secondary N) is 1. The van der Waals surface area contributed by atoms with E-state index in [1.165, 1.54) is 5.56 Å². The predicted molar refractivity (Wildman–Crippen MR) is 108 cm³/mol. The number of aryl methyl sites for hydroxylation is 4. The molecule has 2 aromatic rings. The van der Waals surface area contributed by atoms with Crippen molar-refractivity contribution in [2.75, 3.05) is 16.8 Å². The molecule has 0 aromatic heterocycles. The normalized spacial score (nSPS) is 10.5. The molecule has 4 heteroatoms. The zero-order valence-electron chi connectivity index (χ0n) is 16.3. The molecule has 0 atom stereocenters. The second-order valence-electron chi connectivity index (χ2n) is 6.70. The van der Waals surface area contributed by atoms with Crippen LogP contribution in [-0.4, -0.2) is 18.4 Å². The van der Waals surface area contributed by atoms with E-state index in [2.05, 4.69) is 12.2 Å². The Kier molecular flexibility index (Phi) is 6.56. The molecule has 0 heterocycles. The van der Waals surface area contributed by atoms with E-state index in [0.29, 0.717) is 6.54 Å². The van der Waals surface area contributed by atoms with Crippen LogP contribution in [0, 0.1) is 20.8 Å². The molecule has 26 heavy (non-hydrogen) atoms. The zero-order chi connectivity index (χ0) is 19.3. The van der Waals surface area contributed by atoms with E-state index in [1.54, 1.807) is 11.8 Å². The highest BCUT2D eigenvalue weighted by molar-refractivity contribution is 5.96. The van der Waals surface area contributed by atoms with Gasteiger partial charge in [-0.3, -0.25) is 9.59 Å². The number of carbonyl (C=O) groups excluding carboxylic acids is 2. The summed E-state index contributed by atoms with van der Waals surface area (Å²) in [6.07, 6.45) is 1.10. The summed E-state index contributed by atoms with van der Waals surface area (Å²) in [5.41, 5.74) is 6.22. The number of anilines is 2. The molecule has 0 aliphatic heterocycles. The molecule has 4 nitrogen and oxygen atoms in total. The first-order chi connectivity index (χ1) is 12.3. The topological polar surface area (TPSA) is 49.4 Å². The Labute approximate surface area is 156 Å². The molecule has 0 aliphatic rings. The minimum Gasteiger partial charge on any atom is -0.326 e. The number of benzene rings is 2. The molecule has 0 spiro atoms. The first kappa shape index (κ1) is 19.7. The standard InChI is InChI=1S/C22H28N2O2/c1-6-19-9-7-8-16(3)22(19)24(18(5)25)13-12-21(26)23-20-11-10-15(2)17(4)14-20/h7-11,14H,6,12-13H2,1-5H3,(H,23,26). The minimum absolute atomic E-state index is 0.0482. The summed E-state index contributed by atoms with van der Waals surface area (Å²) < 4.78 is 0. The molecular formula is C22H28N2O2. The molecule has 2 amide bonds. The van der Waals surface area contributed by atoms with Crippen molar-refractivity contribution in [2.24, 2.45) is 0 Å². The van der Waals surface area contributed by atoms with Crippen LogP contribution < -0.4 is 10.2 Å². The number of carbonyl (C=O) groups is 2. The van der Waals surface area contributed by atoms with Crippen molar-refractivity contribution in [3.63, 3.8) is 0 Å². The Morgan fingerprint density at radius 1 is 1.00 bits per heavy atom. The van der Waals surface area contributed by atoms with Gasteiger partial charge < -0.3 is 10.2 Å². The average Bonchev–Trinajstić information content (AvgIpc) is 2.59. The molecule has 0 aliphatic carbocycles. The van der Waals surface area contributed by atoms with Gasteiger partial charge >= 0.3 is 0 Å². The van der Waals surface area contributed by atoms with Crippen molar-refractivity contribution in [2.45, 2.75) is 47.5 Å². The van der Waals surface area contributed by atoms with Crippen molar-refractivity contribution in [3.8, 4) is 0 Å². The summed E-state index contributed by atoms with van der Waals surface area (Å²) in [6, 6.07) is 11.9. The smallest absolute Gasteiger partial charge is 0.226 e. The van der Waals surface area contributed by atoms with Crippen LogP contribution in [0.4, 0.5) is 11.4 Å². The quantitative estimate of drug-likeness (QED) is 0.829. The number of amides is 2. The van der Waals surface area contributed by atoms with Gasteiger partial charge in [0.25, 0.3) is 0 Å². The maximum Gasteiger partial charge on any atom is 0.226 e. The lowest BCUT2D eigenvalue weighted by molar-refractivity contribution is -0.117. The molecule has 0 unspecified atom stereocenters. The van der Waals surface area contributed by atoms with Crippen molar-refractivity contribution in [1.82, 2.24) is 0 Å². The number of hydrogen-bond acceptors (Lipinski definition) is 2. The zero-order valence-corrected chi connectivity index (χ0v) is 16.3. The minimum atomic E-state index is -0.0915. The molecule has 1 N–H and O–H groups in total. The highest BCUT2D eigenvalue weighted by atomic mass is 16.2. The average molecular weight is 352 g/mol. The highest BCUT2D eigenvalue weighted by Gasteiger charge is 2.18. The van der Waals surface area contributed by atoms with E-state index in [0.717, 1.165) is 34.5 Å². The largest absolute Gasteiger partial charge is 0.326 e. The van der Waals surface area contributed by atoms with Crippen LogP contribution in [0.15, 0.2) is 36.4 Å². The third-order valence-electron chi connectivity index (χ3n) is 4.71. The summed E-state index contributed by atoms with van der Waals surface area (Å²) in [5.74, 6) is -0.140. The van der Waals surface area contributed by atoms with Gasteiger partial charge in [0.1, 0.15) is 0 Å². The van der Waals surface area contributed by atoms with E-state index in [-0.39, 0.29) is 18.2 Å². The lowest BCUT2D eigenvalue weighted by Crippen LogP contribution is -2.33. The van der Waals surface area contributed by atoms with E-state index < -0.39 is 0 Å². The summed E-state index contributed by atoms with van der Waals surface area (Å²) in [4.78, 5) is 26.3. The second kappa shape index (κ2) is 8.65. The molecule has 0 saturated carbocycles. The number of rotatable bonds is 6. The third-order valence-corrected chi connectivity index (χ3v) is 4.71. The van der Waals surface area contributed by atoms with E-state index in [9.17, 15) is 9.59 Å². The first-order valence-corrected chi connectivity index (χ1v) is 9.07. The first-order valence-electron chi connectivity index (χ1n) is 9.07. The summed E-state index contributed by atoms with van der Waals surface area (Å²) in [5, 5.41) is 2.92. The monoisotopic (exact) mass is 352 g/mol. The summed E-state index contributed by atoms with van der Waals surface area (Å²) >= 11 is 0. The van der Waals surface area contributed by atoms with Gasteiger partial charge in [0.15, 0.2) is 0 Å². The fourth-order valence-corrected chi connectivity index (χ4v) is 3.07. The highest BCUT2D eigenvalue weighted by Crippen LogP contribution is 2.26. The van der Waals surface area contributed by atoms with Gasteiger partial charge in [-0.2, -0.15) is 0 Å². The summed E-state index contributed by atoms with van der Waals surface area (Å²) in [6.45, 7) is 10.0. The predicted octanol–water partition coefficient (Wildman–Crippen LogP) is 4.56. The lowest BCUT2D eigenvalue weighted by Gasteiger charge is -2.25. The fraction of sp³-hybridized carbons (Fsp3) is 0.364. The van der Waals surface area contributed by atoms with Gasteiger partial charge in [0, 0.05) is 31.3 Å². The molecule has 0 bridgehead atoms. The Morgan fingerprint density at radius 3 is 2.35 bits per heavy atom. The van der Waals surface area contributed by atoms with Gasteiger partial charge in [-0.25, -0.2) is 0 Å². The Morgan fingerprint density at radius 2 is 1.73 bits per heavy atom. The van der Waals surface area contributed by atoms with Crippen LogP contribution in [-0.2, 0) is 16.0 Å². The van der Waals surface area contributed by atoms with Crippen molar-refractivity contribution in [1.29, 1.82) is 0 Å². The molecule has 0 fully saturated rings. The number of para-hydroxylation sites is 1. The Hall–Kier alpha value is -2.62. The maximum absolute atomic E-state index is 12.4. The van der Waals surface area contributed by atoms with Crippen molar-refractivity contribution >= 4 is 23.2 Å². The lowest BCUT2D eigenvalue weighted by atomic mass is 10.0. The number of nitrogens with zero attached hydrogens (tertiary/aromatic N) is 1. The molecule has 2 aromatic carbocycles. The maximum atomic E-state index is 12.4. The molecule has 0 saturated heterocycles. The number of hydrogen-bond donors (Lipinski definition) is 1. The van der Waals surface area contributed by atoms with Crippen molar-refractivity contribution < 1.29 is 9.59 Å². The van der Waals surface area contributed by atoms with Gasteiger partial charge in [0.05, 0.1) is 0 Å². The van der Waals surface area contributed by atoms with Crippen LogP contribution in [0.3, 0.4) is 0 Å². The van der Waals surface area contributed by atoms with Gasteiger partial charge in [-0.05, 0) is 61.6 Å². The summed E-state index contributed by atoms with van der Waals surface area (Å²) in [7, 11) is 0. The molecular weight excluding hydrogens is 324 g/mol. The molecule has 2 rings (SSSR count). The third kappa shape index (κ3) is 4.72. The van der Waals surface area contributed by atoms with Gasteiger partial charge in [-0.15, -0.1) is 0 Å². The second-order valence-corrected chi connectivity index (χ2v) is 6.70. The Balaban J connectivity index is 2.10. The van der Waals surface area contributed by atoms with Crippen LogP contribution in [0.2, 0.25) is 0 Å². The van der Waals surface area contributed by atoms with E-state index in [4.69, 9.17) is 0 Å². The SMILES string of the molecule is CCc1cccc(C)c1N(CCC(=O)Nc1ccc(C)c(C)c1)C(C)=O. The van der Waals surface area contributed by atoms with Crippen LogP contribution in [0.5, 0.6) is 0 Å². The van der Waals surface area contributed by atoms with E-state index in [1.807, 2.05) is 57.2 Å². The van der Waals surface area contributed by atoms with Gasteiger partial charge in [0.2, 0.25) is 11.8 Å². The molecule has 138 valence electrons. The van der Waals surface area contributed by atoms with Crippen LogP contribution >= 0.6 is 0 Å².